The lowest BCUT2D eigenvalue weighted by Crippen LogP contribution is -2.06. The Bertz CT molecular complexity index is 317. The van der Waals surface area contributed by atoms with Crippen LogP contribution < -0.4 is 4.74 Å². The van der Waals surface area contributed by atoms with E-state index in [0.717, 1.165) is 12.1 Å². The summed E-state index contributed by atoms with van der Waals surface area (Å²) in [5.41, 5.74) is 0.974. The number of methoxy groups -OCH3 is 1. The summed E-state index contributed by atoms with van der Waals surface area (Å²) < 4.78 is 12.0. The zero-order valence-corrected chi connectivity index (χ0v) is 8.74. The smallest absolute Gasteiger partial charge is 0.308 e. The molecule has 0 unspecified atom stereocenters. The Labute approximate surface area is 83.4 Å². The number of carbonyl (C=O) groups is 1. The minimum atomic E-state index is -0.296. The van der Waals surface area contributed by atoms with Crippen LogP contribution in [0.25, 0.3) is 0 Å². The molecule has 78 valence electrons. The van der Waals surface area contributed by atoms with Crippen LogP contribution in [0.4, 0.5) is 0 Å². The van der Waals surface area contributed by atoms with Gasteiger partial charge in [0.15, 0.2) is 5.75 Å². The summed E-state index contributed by atoms with van der Waals surface area (Å²) in [6, 6.07) is 1.78. The van der Waals surface area contributed by atoms with Crippen molar-refractivity contribution in [3.63, 3.8) is 0 Å². The van der Waals surface area contributed by atoms with E-state index in [0.29, 0.717) is 12.4 Å². The topological polar surface area (TPSA) is 40.5 Å². The highest BCUT2D eigenvalue weighted by atomic mass is 16.5. The fraction of sp³-hybridized carbons (Fsp3) is 0.500. The second kappa shape index (κ2) is 4.81. The van der Waals surface area contributed by atoms with Gasteiger partial charge in [0.05, 0.1) is 12.3 Å². The molecule has 0 fully saturated rings. The second-order valence-electron chi connectivity index (χ2n) is 3.07. The summed E-state index contributed by atoms with van der Waals surface area (Å²) in [5, 5.41) is 0. The Morgan fingerprint density at radius 3 is 2.86 bits per heavy atom. The summed E-state index contributed by atoms with van der Waals surface area (Å²) >= 11 is 0. The lowest BCUT2D eigenvalue weighted by molar-refractivity contribution is -0.131. The summed E-state index contributed by atoms with van der Waals surface area (Å²) in [4.78, 5) is 10.8. The monoisotopic (exact) mass is 197 g/mol. The molecule has 14 heavy (non-hydrogen) atoms. The maximum atomic E-state index is 10.8. The standard InChI is InChI=1S/C10H15NO3/c1-8(12)14-10-4-6-11(2)9(10)5-7-13-3/h4,6H,5,7H2,1-3H3. The number of hydrogen-bond acceptors (Lipinski definition) is 3. The van der Waals surface area contributed by atoms with Crippen molar-refractivity contribution in [2.45, 2.75) is 13.3 Å². The molecule has 0 aliphatic rings. The van der Waals surface area contributed by atoms with E-state index >= 15 is 0 Å². The van der Waals surface area contributed by atoms with E-state index in [1.807, 2.05) is 17.8 Å². The van der Waals surface area contributed by atoms with E-state index in [4.69, 9.17) is 9.47 Å². The second-order valence-corrected chi connectivity index (χ2v) is 3.07. The predicted octanol–water partition coefficient (Wildman–Crippen LogP) is 1.14. The summed E-state index contributed by atoms with van der Waals surface area (Å²) in [5.74, 6) is 0.326. The van der Waals surface area contributed by atoms with Gasteiger partial charge in [0, 0.05) is 33.7 Å². The molecule has 0 saturated carbocycles. The third kappa shape index (κ3) is 2.60. The number of rotatable bonds is 4. The molecular weight excluding hydrogens is 182 g/mol. The number of hydrogen-bond donors (Lipinski definition) is 0. The normalized spacial score (nSPS) is 10.2. The molecule has 0 atom stereocenters. The van der Waals surface area contributed by atoms with Gasteiger partial charge in [0.2, 0.25) is 0 Å². The van der Waals surface area contributed by atoms with Crippen molar-refractivity contribution in [2.75, 3.05) is 13.7 Å². The van der Waals surface area contributed by atoms with Crippen LogP contribution in [-0.4, -0.2) is 24.3 Å². The molecule has 1 aromatic heterocycles. The molecule has 0 saturated heterocycles. The van der Waals surface area contributed by atoms with Gasteiger partial charge >= 0.3 is 5.97 Å². The van der Waals surface area contributed by atoms with E-state index in [1.165, 1.54) is 6.92 Å². The molecule has 1 heterocycles. The predicted molar refractivity (Wildman–Crippen MR) is 52.3 cm³/mol. The maximum absolute atomic E-state index is 10.8. The molecule has 0 amide bonds. The first-order valence-corrected chi connectivity index (χ1v) is 4.46. The van der Waals surface area contributed by atoms with Crippen molar-refractivity contribution in [3.05, 3.63) is 18.0 Å². The minimum absolute atomic E-state index is 0.296. The molecule has 0 N–H and O–H groups in total. The van der Waals surface area contributed by atoms with Gasteiger partial charge in [0.25, 0.3) is 0 Å². The zero-order chi connectivity index (χ0) is 10.6. The van der Waals surface area contributed by atoms with E-state index in [2.05, 4.69) is 0 Å². The Hall–Kier alpha value is -1.29. The van der Waals surface area contributed by atoms with Crippen LogP contribution in [0.3, 0.4) is 0 Å². The number of nitrogens with zero attached hydrogens (tertiary/aromatic N) is 1. The first-order chi connectivity index (χ1) is 6.65. The van der Waals surface area contributed by atoms with Gasteiger partial charge in [-0.25, -0.2) is 0 Å². The van der Waals surface area contributed by atoms with Crippen LogP contribution in [0.1, 0.15) is 12.6 Å². The Balaban J connectivity index is 2.77. The van der Waals surface area contributed by atoms with Gasteiger partial charge in [-0.2, -0.15) is 0 Å². The lowest BCUT2D eigenvalue weighted by Gasteiger charge is -2.06. The highest BCUT2D eigenvalue weighted by Gasteiger charge is 2.09. The summed E-state index contributed by atoms with van der Waals surface area (Å²) in [7, 11) is 3.56. The van der Waals surface area contributed by atoms with Crippen molar-refractivity contribution >= 4 is 5.97 Å². The molecule has 0 radical (unpaired) electrons. The quantitative estimate of drug-likeness (QED) is 0.679. The van der Waals surface area contributed by atoms with Crippen LogP contribution in [0.15, 0.2) is 12.3 Å². The van der Waals surface area contributed by atoms with Crippen LogP contribution >= 0.6 is 0 Å². The SMILES string of the molecule is COCCc1c(OC(C)=O)ccn1C. The Morgan fingerprint density at radius 1 is 1.57 bits per heavy atom. The first-order valence-electron chi connectivity index (χ1n) is 4.46. The molecule has 4 nitrogen and oxygen atoms in total. The van der Waals surface area contributed by atoms with Crippen LogP contribution in [0, 0.1) is 0 Å². The lowest BCUT2D eigenvalue weighted by atomic mass is 10.3. The van der Waals surface area contributed by atoms with Crippen LogP contribution in [0.5, 0.6) is 5.75 Å². The molecule has 1 rings (SSSR count). The van der Waals surface area contributed by atoms with Gasteiger partial charge in [-0.1, -0.05) is 0 Å². The molecular formula is C10H15NO3. The first kappa shape index (κ1) is 10.8. The number of carbonyl (C=O) groups excluding carboxylic acids is 1. The van der Waals surface area contributed by atoms with E-state index in [-0.39, 0.29) is 5.97 Å². The third-order valence-corrected chi connectivity index (χ3v) is 1.96. The van der Waals surface area contributed by atoms with Crippen molar-refractivity contribution in [3.8, 4) is 5.75 Å². The molecule has 0 bridgehead atoms. The van der Waals surface area contributed by atoms with Gasteiger partial charge in [0.1, 0.15) is 0 Å². The summed E-state index contributed by atoms with van der Waals surface area (Å²) in [6.07, 6.45) is 2.60. The number of ether oxygens (including phenoxy) is 2. The largest absolute Gasteiger partial charge is 0.425 e. The number of aromatic nitrogens is 1. The Kier molecular flexibility index (Phi) is 3.71. The van der Waals surface area contributed by atoms with Crippen LogP contribution in [-0.2, 0) is 23.0 Å². The molecule has 0 aromatic carbocycles. The van der Waals surface area contributed by atoms with E-state index in [1.54, 1.807) is 13.2 Å². The number of aryl methyl sites for hydroxylation is 1. The fourth-order valence-corrected chi connectivity index (χ4v) is 1.29. The van der Waals surface area contributed by atoms with Crippen molar-refractivity contribution in [1.82, 2.24) is 4.57 Å². The molecule has 0 aliphatic carbocycles. The molecule has 0 aliphatic heterocycles. The van der Waals surface area contributed by atoms with Gasteiger partial charge in [-0.3, -0.25) is 4.79 Å². The van der Waals surface area contributed by atoms with Crippen molar-refractivity contribution < 1.29 is 14.3 Å². The molecule has 0 spiro atoms. The van der Waals surface area contributed by atoms with Crippen molar-refractivity contribution in [1.29, 1.82) is 0 Å². The average Bonchev–Trinajstić information content (AvgIpc) is 2.44. The summed E-state index contributed by atoms with van der Waals surface area (Å²) in [6.45, 7) is 2.01. The van der Waals surface area contributed by atoms with E-state index < -0.39 is 0 Å². The number of esters is 1. The molecule has 4 heteroatoms. The Morgan fingerprint density at radius 2 is 2.29 bits per heavy atom. The third-order valence-electron chi connectivity index (χ3n) is 1.96. The highest BCUT2D eigenvalue weighted by molar-refractivity contribution is 5.69. The van der Waals surface area contributed by atoms with Gasteiger partial charge in [-0.15, -0.1) is 0 Å². The highest BCUT2D eigenvalue weighted by Crippen LogP contribution is 2.19. The fourth-order valence-electron chi connectivity index (χ4n) is 1.29. The zero-order valence-electron chi connectivity index (χ0n) is 8.74. The van der Waals surface area contributed by atoms with Crippen LogP contribution in [0.2, 0.25) is 0 Å². The molecule has 1 aromatic rings. The van der Waals surface area contributed by atoms with Gasteiger partial charge in [-0.05, 0) is 6.07 Å². The average molecular weight is 197 g/mol. The van der Waals surface area contributed by atoms with E-state index in [9.17, 15) is 4.79 Å². The maximum Gasteiger partial charge on any atom is 0.308 e. The van der Waals surface area contributed by atoms with Gasteiger partial charge < -0.3 is 14.0 Å². The van der Waals surface area contributed by atoms with Crippen molar-refractivity contribution in [2.24, 2.45) is 7.05 Å². The minimum Gasteiger partial charge on any atom is -0.425 e.